The van der Waals surface area contributed by atoms with Gasteiger partial charge in [0.2, 0.25) is 0 Å². The molecule has 2 aromatic carbocycles. The Morgan fingerprint density at radius 2 is 1.75 bits per heavy atom. The second-order valence-electron chi connectivity index (χ2n) is 5.50. The van der Waals surface area contributed by atoms with Gasteiger partial charge in [0, 0.05) is 10.7 Å². The standard InChI is InChI=1S/C18H17ClN4O/c1-12-3-7-15(8-4-12)21-20-11-17-13(2)22-23(18(17)24)16-9-5-14(19)6-10-16/h3-11,21-22H,1-2H3. The summed E-state index contributed by atoms with van der Waals surface area (Å²) in [4.78, 5) is 12.5. The van der Waals surface area contributed by atoms with Gasteiger partial charge in [0.25, 0.3) is 5.56 Å². The van der Waals surface area contributed by atoms with Gasteiger partial charge in [-0.2, -0.15) is 5.10 Å². The summed E-state index contributed by atoms with van der Waals surface area (Å²) < 4.78 is 1.47. The number of H-pyrrole nitrogens is 1. The first-order valence-electron chi connectivity index (χ1n) is 7.48. The summed E-state index contributed by atoms with van der Waals surface area (Å²) in [6.07, 6.45) is 1.53. The van der Waals surface area contributed by atoms with Gasteiger partial charge in [-0.15, -0.1) is 0 Å². The number of aromatic amines is 1. The number of aryl methyl sites for hydroxylation is 2. The van der Waals surface area contributed by atoms with E-state index >= 15 is 0 Å². The number of benzene rings is 2. The highest BCUT2D eigenvalue weighted by Crippen LogP contribution is 2.12. The first-order chi connectivity index (χ1) is 11.5. The Kier molecular flexibility index (Phi) is 4.53. The van der Waals surface area contributed by atoms with Crippen LogP contribution in [0.2, 0.25) is 5.02 Å². The lowest BCUT2D eigenvalue weighted by molar-refractivity contribution is 0.835. The lowest BCUT2D eigenvalue weighted by Gasteiger charge is -2.00. The molecule has 1 aromatic heterocycles. The van der Waals surface area contributed by atoms with Crippen LogP contribution in [0, 0.1) is 13.8 Å². The average molecular weight is 341 g/mol. The van der Waals surface area contributed by atoms with Gasteiger partial charge in [-0.3, -0.25) is 15.3 Å². The summed E-state index contributed by atoms with van der Waals surface area (Å²) in [5.74, 6) is 0. The molecule has 0 saturated heterocycles. The van der Waals surface area contributed by atoms with Gasteiger partial charge >= 0.3 is 0 Å². The third-order valence-electron chi connectivity index (χ3n) is 3.64. The molecule has 122 valence electrons. The van der Waals surface area contributed by atoms with Crippen LogP contribution in [0.1, 0.15) is 16.8 Å². The van der Waals surface area contributed by atoms with Crippen LogP contribution in [-0.4, -0.2) is 16.0 Å². The quantitative estimate of drug-likeness (QED) is 0.559. The van der Waals surface area contributed by atoms with Crippen LogP contribution in [0.5, 0.6) is 0 Å². The van der Waals surface area contributed by atoms with Crippen LogP contribution in [0.4, 0.5) is 5.69 Å². The SMILES string of the molecule is Cc1ccc(NN=Cc2c(C)[nH]n(-c3ccc(Cl)cc3)c2=O)cc1. The van der Waals surface area contributed by atoms with Crippen LogP contribution in [0.15, 0.2) is 58.4 Å². The van der Waals surface area contributed by atoms with E-state index in [2.05, 4.69) is 15.6 Å². The molecule has 0 unspecified atom stereocenters. The van der Waals surface area contributed by atoms with E-state index in [0.29, 0.717) is 10.6 Å². The van der Waals surface area contributed by atoms with E-state index in [1.807, 2.05) is 38.1 Å². The summed E-state index contributed by atoms with van der Waals surface area (Å²) >= 11 is 5.88. The highest BCUT2D eigenvalue weighted by molar-refractivity contribution is 6.30. The van der Waals surface area contributed by atoms with Crippen LogP contribution in [-0.2, 0) is 0 Å². The molecule has 0 saturated carbocycles. The number of nitrogens with zero attached hydrogens (tertiary/aromatic N) is 2. The molecule has 0 bridgehead atoms. The van der Waals surface area contributed by atoms with Crippen molar-refractivity contribution in [3.8, 4) is 5.69 Å². The van der Waals surface area contributed by atoms with Gasteiger partial charge in [-0.25, -0.2) is 4.68 Å². The van der Waals surface area contributed by atoms with Crippen molar-refractivity contribution in [3.63, 3.8) is 0 Å². The Labute approximate surface area is 144 Å². The number of aromatic nitrogens is 2. The third kappa shape index (κ3) is 3.41. The first-order valence-corrected chi connectivity index (χ1v) is 7.86. The number of rotatable bonds is 4. The highest BCUT2D eigenvalue weighted by Gasteiger charge is 2.10. The monoisotopic (exact) mass is 340 g/mol. The van der Waals surface area contributed by atoms with E-state index in [4.69, 9.17) is 11.6 Å². The molecular formula is C18H17ClN4O. The third-order valence-corrected chi connectivity index (χ3v) is 3.89. The molecule has 0 spiro atoms. The van der Waals surface area contributed by atoms with Crippen LogP contribution < -0.4 is 11.0 Å². The Bertz CT molecular complexity index is 921. The lowest BCUT2D eigenvalue weighted by atomic mass is 10.2. The molecule has 6 heteroatoms. The maximum absolute atomic E-state index is 12.5. The predicted octanol–water partition coefficient (Wildman–Crippen LogP) is 3.88. The number of hydrazone groups is 1. The maximum atomic E-state index is 12.5. The normalized spacial score (nSPS) is 11.1. The predicted molar refractivity (Wildman–Crippen MR) is 98.5 cm³/mol. The lowest BCUT2D eigenvalue weighted by Crippen LogP contribution is -2.17. The van der Waals surface area contributed by atoms with E-state index in [1.54, 1.807) is 24.3 Å². The summed E-state index contributed by atoms with van der Waals surface area (Å²) in [6, 6.07) is 14.9. The first kappa shape index (κ1) is 16.1. The Morgan fingerprint density at radius 3 is 2.42 bits per heavy atom. The molecule has 2 N–H and O–H groups in total. The zero-order valence-electron chi connectivity index (χ0n) is 13.4. The van der Waals surface area contributed by atoms with Crippen LogP contribution in [0.3, 0.4) is 0 Å². The van der Waals surface area contributed by atoms with Gasteiger partial charge in [0.15, 0.2) is 0 Å². The zero-order valence-corrected chi connectivity index (χ0v) is 14.1. The molecule has 0 aliphatic carbocycles. The van der Waals surface area contributed by atoms with Crippen molar-refractivity contribution in [1.29, 1.82) is 0 Å². The van der Waals surface area contributed by atoms with Crippen molar-refractivity contribution < 1.29 is 0 Å². The fourth-order valence-electron chi connectivity index (χ4n) is 2.28. The minimum absolute atomic E-state index is 0.163. The number of halogens is 1. The number of anilines is 1. The second kappa shape index (κ2) is 6.76. The molecule has 3 rings (SSSR count). The molecule has 0 amide bonds. The molecule has 0 aliphatic rings. The molecule has 3 aromatic rings. The number of nitrogens with one attached hydrogen (secondary N) is 2. The van der Waals surface area contributed by atoms with E-state index in [0.717, 1.165) is 17.1 Å². The Morgan fingerprint density at radius 1 is 1.08 bits per heavy atom. The minimum atomic E-state index is -0.163. The molecule has 0 atom stereocenters. The van der Waals surface area contributed by atoms with Crippen molar-refractivity contribution in [1.82, 2.24) is 9.78 Å². The fourth-order valence-corrected chi connectivity index (χ4v) is 2.41. The summed E-state index contributed by atoms with van der Waals surface area (Å²) in [7, 11) is 0. The Hall–Kier alpha value is -2.79. The van der Waals surface area contributed by atoms with Crippen LogP contribution in [0.25, 0.3) is 5.69 Å². The average Bonchev–Trinajstić information content (AvgIpc) is 2.85. The van der Waals surface area contributed by atoms with Gasteiger partial charge in [-0.05, 0) is 50.2 Å². The van der Waals surface area contributed by atoms with Gasteiger partial charge in [0.1, 0.15) is 0 Å². The molecular weight excluding hydrogens is 324 g/mol. The topological polar surface area (TPSA) is 62.2 Å². The molecule has 1 heterocycles. The molecule has 0 radical (unpaired) electrons. The van der Waals surface area contributed by atoms with Crippen molar-refractivity contribution >= 4 is 23.5 Å². The highest BCUT2D eigenvalue weighted by atomic mass is 35.5. The smallest absolute Gasteiger partial charge is 0.280 e. The molecule has 0 aliphatic heterocycles. The molecule has 0 fully saturated rings. The molecule has 24 heavy (non-hydrogen) atoms. The summed E-state index contributed by atoms with van der Waals surface area (Å²) in [5.41, 5.74) is 6.77. The maximum Gasteiger partial charge on any atom is 0.280 e. The van der Waals surface area contributed by atoms with E-state index in [-0.39, 0.29) is 5.56 Å². The van der Waals surface area contributed by atoms with E-state index in [1.165, 1.54) is 16.5 Å². The van der Waals surface area contributed by atoms with Gasteiger partial charge in [-0.1, -0.05) is 29.3 Å². The fraction of sp³-hybridized carbons (Fsp3) is 0.111. The number of hydrogen-bond donors (Lipinski definition) is 2. The minimum Gasteiger partial charge on any atom is -0.295 e. The van der Waals surface area contributed by atoms with Gasteiger partial charge < -0.3 is 0 Å². The zero-order chi connectivity index (χ0) is 17.1. The van der Waals surface area contributed by atoms with Crippen molar-refractivity contribution in [2.24, 2.45) is 5.10 Å². The van der Waals surface area contributed by atoms with E-state index < -0.39 is 0 Å². The van der Waals surface area contributed by atoms with Crippen molar-refractivity contribution in [2.45, 2.75) is 13.8 Å². The van der Waals surface area contributed by atoms with Gasteiger partial charge in [0.05, 0.1) is 23.2 Å². The van der Waals surface area contributed by atoms with Crippen molar-refractivity contribution in [3.05, 3.63) is 80.7 Å². The largest absolute Gasteiger partial charge is 0.295 e. The Balaban J connectivity index is 1.84. The van der Waals surface area contributed by atoms with E-state index in [9.17, 15) is 4.79 Å². The summed E-state index contributed by atoms with van der Waals surface area (Å²) in [6.45, 7) is 3.86. The second-order valence-corrected chi connectivity index (χ2v) is 5.94. The molecule has 5 nitrogen and oxygen atoms in total. The summed E-state index contributed by atoms with van der Waals surface area (Å²) in [5, 5.41) is 7.83. The van der Waals surface area contributed by atoms with Crippen LogP contribution >= 0.6 is 11.6 Å². The number of hydrogen-bond acceptors (Lipinski definition) is 3. The van der Waals surface area contributed by atoms with Crippen molar-refractivity contribution in [2.75, 3.05) is 5.43 Å².